The van der Waals surface area contributed by atoms with Crippen molar-refractivity contribution in [2.75, 3.05) is 45.8 Å². The molecule has 0 aromatic carbocycles. The van der Waals surface area contributed by atoms with Crippen molar-refractivity contribution in [2.45, 2.75) is 38.9 Å². The summed E-state index contributed by atoms with van der Waals surface area (Å²) < 4.78 is 0. The van der Waals surface area contributed by atoms with Gasteiger partial charge in [0, 0.05) is 45.3 Å². The van der Waals surface area contributed by atoms with E-state index in [1.807, 2.05) is 0 Å². The topological polar surface area (TPSA) is 30.5 Å². The summed E-state index contributed by atoms with van der Waals surface area (Å²) in [4.78, 5) is 5.29. The zero-order valence-electron chi connectivity index (χ0n) is 11.4. The average Bonchev–Trinajstić information content (AvgIpc) is 2.40. The maximum Gasteiger partial charge on any atom is 0.0752 e. The molecule has 17 heavy (non-hydrogen) atoms. The average molecular weight is 240 g/mol. The number of hydrogen-bond acceptors (Lipinski definition) is 4. The molecule has 0 aromatic rings. The van der Waals surface area contributed by atoms with Crippen molar-refractivity contribution in [3.8, 4) is 0 Å². The van der Waals surface area contributed by atoms with Gasteiger partial charge < -0.3 is 10.6 Å². The lowest BCUT2D eigenvalue weighted by Gasteiger charge is -2.46. The second-order valence-corrected chi connectivity index (χ2v) is 5.25. The lowest BCUT2D eigenvalue weighted by atomic mass is 10.1. The van der Waals surface area contributed by atoms with Crippen LogP contribution in [-0.2, 0) is 0 Å². The number of hydrogen-bond donors (Lipinski definition) is 2. The summed E-state index contributed by atoms with van der Waals surface area (Å²) in [5.74, 6) is 0. The Hall–Kier alpha value is -0.160. The Morgan fingerprint density at radius 3 is 2.59 bits per heavy atom. The Morgan fingerprint density at radius 2 is 1.94 bits per heavy atom. The fourth-order valence-corrected chi connectivity index (χ4v) is 3.09. The third-order valence-electron chi connectivity index (χ3n) is 4.08. The third-order valence-corrected chi connectivity index (χ3v) is 4.08. The van der Waals surface area contributed by atoms with Gasteiger partial charge in [0.2, 0.25) is 0 Å². The number of rotatable bonds is 4. The van der Waals surface area contributed by atoms with Gasteiger partial charge in [-0.15, -0.1) is 0 Å². The van der Waals surface area contributed by atoms with E-state index in [-0.39, 0.29) is 0 Å². The van der Waals surface area contributed by atoms with Crippen LogP contribution in [0, 0.1) is 0 Å². The minimum absolute atomic E-state index is 0.621. The van der Waals surface area contributed by atoms with Crippen LogP contribution in [0.15, 0.2) is 0 Å². The predicted molar refractivity (Wildman–Crippen MR) is 72.2 cm³/mol. The highest BCUT2D eigenvalue weighted by Crippen LogP contribution is 2.14. The normalized spacial score (nSPS) is 32.8. The zero-order valence-corrected chi connectivity index (χ0v) is 11.4. The standard InChI is InChI=1S/C13H28N4/c1-3-5-12-11-16(4-2)13(10-15-12)17-8-6-14-7-9-17/h12-15H,3-11H2,1-2H3. The van der Waals surface area contributed by atoms with Crippen LogP contribution in [0.25, 0.3) is 0 Å². The fourth-order valence-electron chi connectivity index (χ4n) is 3.09. The quantitative estimate of drug-likeness (QED) is 0.740. The minimum atomic E-state index is 0.621. The molecule has 2 unspecified atom stereocenters. The first-order valence-corrected chi connectivity index (χ1v) is 7.27. The van der Waals surface area contributed by atoms with E-state index in [4.69, 9.17) is 0 Å². The first kappa shape index (κ1) is 13.3. The number of nitrogens with zero attached hydrogens (tertiary/aromatic N) is 2. The second kappa shape index (κ2) is 6.69. The van der Waals surface area contributed by atoms with Crippen LogP contribution < -0.4 is 10.6 Å². The summed E-state index contributed by atoms with van der Waals surface area (Å²) in [7, 11) is 0. The van der Waals surface area contributed by atoms with Crippen molar-refractivity contribution in [2.24, 2.45) is 0 Å². The van der Waals surface area contributed by atoms with Crippen molar-refractivity contribution >= 4 is 0 Å². The van der Waals surface area contributed by atoms with Crippen LogP contribution in [0.3, 0.4) is 0 Å². The summed E-state index contributed by atoms with van der Waals surface area (Å²) in [5, 5.41) is 7.16. The fraction of sp³-hybridized carbons (Fsp3) is 1.00. The van der Waals surface area contributed by atoms with Crippen LogP contribution in [0.2, 0.25) is 0 Å². The summed E-state index contributed by atoms with van der Waals surface area (Å²) in [5.41, 5.74) is 0. The molecule has 4 heteroatoms. The highest BCUT2D eigenvalue weighted by atomic mass is 15.4. The Balaban J connectivity index is 1.89. The maximum absolute atomic E-state index is 3.73. The molecule has 100 valence electrons. The third kappa shape index (κ3) is 3.41. The summed E-state index contributed by atoms with van der Waals surface area (Å²) in [6.07, 6.45) is 3.22. The summed E-state index contributed by atoms with van der Waals surface area (Å²) in [6, 6.07) is 0.708. The molecule has 2 saturated heterocycles. The van der Waals surface area contributed by atoms with Gasteiger partial charge in [0.1, 0.15) is 0 Å². The summed E-state index contributed by atoms with van der Waals surface area (Å²) >= 11 is 0. The van der Waals surface area contributed by atoms with Crippen molar-refractivity contribution in [3.63, 3.8) is 0 Å². The van der Waals surface area contributed by atoms with Crippen LogP contribution in [-0.4, -0.2) is 67.8 Å². The molecule has 0 bridgehead atoms. The van der Waals surface area contributed by atoms with Gasteiger partial charge in [-0.05, 0) is 13.0 Å². The summed E-state index contributed by atoms with van der Waals surface area (Å²) in [6.45, 7) is 12.8. The van der Waals surface area contributed by atoms with E-state index in [0.717, 1.165) is 19.6 Å². The monoisotopic (exact) mass is 240 g/mol. The van der Waals surface area contributed by atoms with Gasteiger partial charge in [-0.2, -0.15) is 0 Å². The molecule has 2 aliphatic rings. The van der Waals surface area contributed by atoms with Crippen molar-refractivity contribution in [1.29, 1.82) is 0 Å². The Morgan fingerprint density at radius 1 is 1.18 bits per heavy atom. The van der Waals surface area contributed by atoms with E-state index < -0.39 is 0 Å². The lowest BCUT2D eigenvalue weighted by molar-refractivity contribution is 0.00533. The minimum Gasteiger partial charge on any atom is -0.314 e. The molecule has 2 heterocycles. The molecular formula is C13H28N4. The molecule has 0 saturated carbocycles. The molecule has 0 amide bonds. The zero-order chi connectivity index (χ0) is 12.1. The smallest absolute Gasteiger partial charge is 0.0752 e. The van der Waals surface area contributed by atoms with Gasteiger partial charge in [-0.25, -0.2) is 0 Å². The molecule has 0 aliphatic carbocycles. The Labute approximate surface area is 106 Å². The predicted octanol–water partition coefficient (Wildman–Crippen LogP) is 0.312. The lowest BCUT2D eigenvalue weighted by Crippen LogP contribution is -2.64. The van der Waals surface area contributed by atoms with E-state index in [1.54, 1.807) is 0 Å². The van der Waals surface area contributed by atoms with Gasteiger partial charge >= 0.3 is 0 Å². The molecule has 2 aliphatic heterocycles. The van der Waals surface area contributed by atoms with E-state index in [2.05, 4.69) is 34.3 Å². The SMILES string of the molecule is CCCC1CN(CC)C(N2CCNCC2)CN1. The van der Waals surface area contributed by atoms with Crippen molar-refractivity contribution < 1.29 is 0 Å². The molecule has 4 nitrogen and oxygen atoms in total. The molecule has 2 atom stereocenters. The van der Waals surface area contributed by atoms with Gasteiger partial charge in [-0.3, -0.25) is 9.80 Å². The number of likely N-dealkylation sites (N-methyl/N-ethyl adjacent to an activating group) is 1. The Kier molecular flexibility index (Phi) is 5.22. The first-order valence-electron chi connectivity index (χ1n) is 7.27. The van der Waals surface area contributed by atoms with E-state index in [1.165, 1.54) is 39.0 Å². The van der Waals surface area contributed by atoms with E-state index in [0.29, 0.717) is 12.2 Å². The number of nitrogens with one attached hydrogen (secondary N) is 2. The van der Waals surface area contributed by atoms with Crippen LogP contribution in [0.4, 0.5) is 0 Å². The molecular weight excluding hydrogens is 212 g/mol. The van der Waals surface area contributed by atoms with E-state index >= 15 is 0 Å². The van der Waals surface area contributed by atoms with Gasteiger partial charge in [-0.1, -0.05) is 20.3 Å². The van der Waals surface area contributed by atoms with Crippen LogP contribution >= 0.6 is 0 Å². The molecule has 0 spiro atoms. The van der Waals surface area contributed by atoms with Gasteiger partial charge in [0.25, 0.3) is 0 Å². The second-order valence-electron chi connectivity index (χ2n) is 5.25. The largest absolute Gasteiger partial charge is 0.314 e. The number of piperazine rings is 2. The van der Waals surface area contributed by atoms with Crippen LogP contribution in [0.1, 0.15) is 26.7 Å². The molecule has 2 rings (SSSR count). The van der Waals surface area contributed by atoms with Crippen LogP contribution in [0.5, 0.6) is 0 Å². The highest BCUT2D eigenvalue weighted by Gasteiger charge is 2.30. The first-order chi connectivity index (χ1) is 8.35. The van der Waals surface area contributed by atoms with Gasteiger partial charge in [0.15, 0.2) is 0 Å². The molecule has 2 N–H and O–H groups in total. The van der Waals surface area contributed by atoms with Gasteiger partial charge in [0.05, 0.1) is 6.17 Å². The molecule has 2 fully saturated rings. The highest BCUT2D eigenvalue weighted by molar-refractivity contribution is 4.87. The van der Waals surface area contributed by atoms with Crippen molar-refractivity contribution in [3.05, 3.63) is 0 Å². The maximum atomic E-state index is 3.73. The molecule has 0 aromatic heterocycles. The van der Waals surface area contributed by atoms with Crippen molar-refractivity contribution in [1.82, 2.24) is 20.4 Å². The Bertz CT molecular complexity index is 215. The molecule has 0 radical (unpaired) electrons. The van der Waals surface area contributed by atoms with E-state index in [9.17, 15) is 0 Å².